The van der Waals surface area contributed by atoms with Crippen LogP contribution in [0.2, 0.25) is 0 Å². The summed E-state index contributed by atoms with van der Waals surface area (Å²) in [4.78, 5) is 22.8. The number of H-pyrrole nitrogens is 2. The lowest BCUT2D eigenvalue weighted by Gasteiger charge is -1.79. The minimum Gasteiger partial charge on any atom is -0.265 e. The molecule has 5 nitrogen and oxygen atoms in total. The Morgan fingerprint density at radius 3 is 2.67 bits per heavy atom. The maximum atomic E-state index is 10.4. The monoisotopic (exact) mass is 128 g/mol. The van der Waals surface area contributed by atoms with Gasteiger partial charge in [0.15, 0.2) is 7.05 Å². The standard InChI is InChI=1S/C4H5N3O2/c1-7-2-3(8)5-4(9)6-7/h2H,1H3,(H-,5,6,8,9)/p+1. The van der Waals surface area contributed by atoms with Gasteiger partial charge < -0.3 is 0 Å². The lowest BCUT2D eigenvalue weighted by Crippen LogP contribution is -2.44. The second-order valence-corrected chi connectivity index (χ2v) is 1.67. The Morgan fingerprint density at radius 2 is 2.22 bits per heavy atom. The fourth-order valence-corrected chi connectivity index (χ4v) is 0.540. The molecule has 0 atom stereocenters. The number of nitrogens with zero attached hydrogens (tertiary/aromatic N) is 1. The number of aryl methyl sites for hydroxylation is 1. The van der Waals surface area contributed by atoms with Crippen LogP contribution >= 0.6 is 0 Å². The third kappa shape index (κ3) is 1.25. The molecule has 0 aromatic carbocycles. The van der Waals surface area contributed by atoms with Crippen molar-refractivity contribution < 1.29 is 4.68 Å². The van der Waals surface area contributed by atoms with E-state index in [0.717, 1.165) is 0 Å². The fraction of sp³-hybridized carbons (Fsp3) is 0.250. The predicted molar refractivity (Wildman–Crippen MR) is 28.9 cm³/mol. The number of hydrogen-bond donors (Lipinski definition) is 2. The third-order valence-corrected chi connectivity index (χ3v) is 0.826. The number of aromatic amines is 2. The van der Waals surface area contributed by atoms with Crippen molar-refractivity contribution in [1.82, 2.24) is 10.1 Å². The minimum absolute atomic E-state index is 0.402. The van der Waals surface area contributed by atoms with Crippen LogP contribution in [0.3, 0.4) is 0 Å². The highest BCUT2D eigenvalue weighted by molar-refractivity contribution is 4.59. The molecule has 0 radical (unpaired) electrons. The molecular formula is C4H6N3O2+. The molecule has 1 aromatic rings. The summed E-state index contributed by atoms with van der Waals surface area (Å²) in [7, 11) is 1.57. The highest BCUT2D eigenvalue weighted by Gasteiger charge is 1.92. The highest BCUT2D eigenvalue weighted by Crippen LogP contribution is 1.38. The maximum absolute atomic E-state index is 10.4. The first-order chi connectivity index (χ1) is 4.18. The zero-order valence-corrected chi connectivity index (χ0v) is 4.84. The van der Waals surface area contributed by atoms with Gasteiger partial charge in [-0.15, -0.1) is 9.78 Å². The minimum atomic E-state index is -0.495. The van der Waals surface area contributed by atoms with E-state index in [4.69, 9.17) is 0 Å². The smallest absolute Gasteiger partial charge is 0.265 e. The first kappa shape index (κ1) is 5.74. The van der Waals surface area contributed by atoms with Crippen molar-refractivity contribution in [2.75, 3.05) is 0 Å². The number of rotatable bonds is 0. The molecular weight excluding hydrogens is 122 g/mol. The lowest BCUT2D eigenvalue weighted by molar-refractivity contribution is -0.733. The van der Waals surface area contributed by atoms with Crippen LogP contribution in [0.4, 0.5) is 0 Å². The van der Waals surface area contributed by atoms with E-state index in [9.17, 15) is 9.59 Å². The van der Waals surface area contributed by atoms with Crippen molar-refractivity contribution >= 4 is 0 Å². The van der Waals surface area contributed by atoms with Crippen molar-refractivity contribution in [2.45, 2.75) is 0 Å². The molecule has 0 saturated carbocycles. The van der Waals surface area contributed by atoms with Crippen LogP contribution in [0.1, 0.15) is 0 Å². The van der Waals surface area contributed by atoms with E-state index in [2.05, 4.69) is 5.10 Å². The molecule has 0 unspecified atom stereocenters. The first-order valence-electron chi connectivity index (χ1n) is 2.38. The predicted octanol–water partition coefficient (Wildman–Crippen LogP) is -2.11. The zero-order chi connectivity index (χ0) is 6.85. The van der Waals surface area contributed by atoms with Gasteiger partial charge in [0.05, 0.1) is 0 Å². The molecule has 1 rings (SSSR count). The SMILES string of the molecule is C[n+]1cc(=O)[nH]c(=O)[nH]1. The molecule has 1 aromatic heterocycles. The molecule has 0 aliphatic carbocycles. The molecule has 0 amide bonds. The largest absolute Gasteiger partial charge is 0.374 e. The molecule has 9 heavy (non-hydrogen) atoms. The highest BCUT2D eigenvalue weighted by atomic mass is 16.2. The summed E-state index contributed by atoms with van der Waals surface area (Å²) in [6.45, 7) is 0. The zero-order valence-electron chi connectivity index (χ0n) is 4.84. The van der Waals surface area contributed by atoms with Crippen molar-refractivity contribution in [2.24, 2.45) is 7.05 Å². The second kappa shape index (κ2) is 1.85. The topological polar surface area (TPSA) is 69.6 Å². The summed E-state index contributed by atoms with van der Waals surface area (Å²) in [6, 6.07) is 0. The number of hydrogen-bond acceptors (Lipinski definition) is 2. The molecule has 0 aliphatic heterocycles. The summed E-state index contributed by atoms with van der Waals surface area (Å²) >= 11 is 0. The summed E-state index contributed by atoms with van der Waals surface area (Å²) < 4.78 is 1.29. The molecule has 0 aliphatic rings. The Kier molecular flexibility index (Phi) is 1.18. The van der Waals surface area contributed by atoms with Gasteiger partial charge in [0.2, 0.25) is 0 Å². The average Bonchev–Trinajstić information content (AvgIpc) is 1.59. The van der Waals surface area contributed by atoms with Crippen molar-refractivity contribution in [3.05, 3.63) is 27.0 Å². The number of nitrogens with one attached hydrogen (secondary N) is 2. The van der Waals surface area contributed by atoms with E-state index in [1.165, 1.54) is 10.9 Å². The Bertz CT molecular complexity index is 282. The summed E-state index contributed by atoms with van der Waals surface area (Å²) in [5.74, 6) is 0. The Balaban J connectivity index is 3.52. The third-order valence-electron chi connectivity index (χ3n) is 0.826. The van der Waals surface area contributed by atoms with E-state index in [-0.39, 0.29) is 0 Å². The Morgan fingerprint density at radius 1 is 1.56 bits per heavy atom. The van der Waals surface area contributed by atoms with Crippen molar-refractivity contribution in [1.29, 1.82) is 0 Å². The fourth-order valence-electron chi connectivity index (χ4n) is 0.540. The van der Waals surface area contributed by atoms with Gasteiger partial charge >= 0.3 is 11.2 Å². The molecule has 5 heteroatoms. The van der Waals surface area contributed by atoms with Crippen molar-refractivity contribution in [3.63, 3.8) is 0 Å². The first-order valence-corrected chi connectivity index (χ1v) is 2.38. The van der Waals surface area contributed by atoms with Crippen LogP contribution in [0.15, 0.2) is 15.8 Å². The van der Waals surface area contributed by atoms with Gasteiger partial charge in [-0.05, 0) is 0 Å². The van der Waals surface area contributed by atoms with Gasteiger partial charge in [-0.3, -0.25) is 9.78 Å². The molecule has 1 heterocycles. The maximum Gasteiger partial charge on any atom is 0.374 e. The summed E-state index contributed by atoms with van der Waals surface area (Å²) in [6.07, 6.45) is 1.24. The molecule has 0 bridgehead atoms. The Hall–Kier alpha value is -1.39. The lowest BCUT2D eigenvalue weighted by atomic mass is 10.8. The van der Waals surface area contributed by atoms with E-state index in [1.807, 2.05) is 4.98 Å². The quantitative estimate of drug-likeness (QED) is 0.392. The summed E-state index contributed by atoms with van der Waals surface area (Å²) in [5, 5.41) is 2.32. The van der Waals surface area contributed by atoms with E-state index in [1.54, 1.807) is 7.05 Å². The molecule has 48 valence electrons. The van der Waals surface area contributed by atoms with Gasteiger partial charge in [0.25, 0.3) is 6.20 Å². The van der Waals surface area contributed by atoms with Crippen LogP contribution < -0.4 is 15.9 Å². The van der Waals surface area contributed by atoms with Gasteiger partial charge in [-0.1, -0.05) is 0 Å². The van der Waals surface area contributed by atoms with Gasteiger partial charge in [0.1, 0.15) is 0 Å². The summed E-state index contributed by atoms with van der Waals surface area (Å²) in [5.41, 5.74) is -0.897. The molecule has 0 fully saturated rings. The second-order valence-electron chi connectivity index (χ2n) is 1.67. The van der Waals surface area contributed by atoms with Gasteiger partial charge in [0, 0.05) is 0 Å². The Labute approximate surface area is 50.0 Å². The van der Waals surface area contributed by atoms with Crippen LogP contribution in [-0.2, 0) is 7.05 Å². The average molecular weight is 128 g/mol. The van der Waals surface area contributed by atoms with Crippen LogP contribution in [0.25, 0.3) is 0 Å². The van der Waals surface area contributed by atoms with Gasteiger partial charge in [-0.2, -0.15) is 0 Å². The normalized spacial score (nSPS) is 9.44. The van der Waals surface area contributed by atoms with Crippen LogP contribution in [-0.4, -0.2) is 10.1 Å². The van der Waals surface area contributed by atoms with E-state index < -0.39 is 11.2 Å². The molecule has 0 spiro atoms. The van der Waals surface area contributed by atoms with E-state index >= 15 is 0 Å². The number of aromatic nitrogens is 3. The molecule has 2 N–H and O–H groups in total. The van der Waals surface area contributed by atoms with Gasteiger partial charge in [-0.25, -0.2) is 4.79 Å². The van der Waals surface area contributed by atoms with Crippen LogP contribution in [0.5, 0.6) is 0 Å². The molecule has 0 saturated heterocycles. The van der Waals surface area contributed by atoms with Crippen LogP contribution in [0, 0.1) is 0 Å². The van der Waals surface area contributed by atoms with Crippen molar-refractivity contribution in [3.8, 4) is 0 Å². The van der Waals surface area contributed by atoms with E-state index in [0.29, 0.717) is 0 Å².